The Morgan fingerprint density at radius 2 is 1.33 bits per heavy atom. The molecule has 0 spiro atoms. The average molecular weight is 636 g/mol. The van der Waals surface area contributed by atoms with E-state index in [9.17, 15) is 24.6 Å². The van der Waals surface area contributed by atoms with Crippen LogP contribution in [-0.2, 0) is 47.8 Å². The van der Waals surface area contributed by atoms with Crippen LogP contribution in [0.1, 0.15) is 51.3 Å². The lowest BCUT2D eigenvalue weighted by Gasteiger charge is -2.26. The van der Waals surface area contributed by atoms with Gasteiger partial charge < -0.3 is 29.2 Å². The average Bonchev–Trinajstić information content (AvgIpc) is 3.36. The van der Waals surface area contributed by atoms with Crippen molar-refractivity contribution in [2.75, 3.05) is 13.2 Å². The molecule has 0 radical (unpaired) electrons. The molecule has 248 valence electrons. The molecule has 0 bridgehead atoms. The number of ether oxygens (including phenoxy) is 4. The maximum atomic E-state index is 13.2. The summed E-state index contributed by atoms with van der Waals surface area (Å²) in [4.78, 5) is 38.5. The molecular formula is C36H45NO9. The molecule has 10 heteroatoms. The molecule has 1 fully saturated rings. The van der Waals surface area contributed by atoms with Crippen molar-refractivity contribution >= 4 is 18.0 Å². The van der Waals surface area contributed by atoms with Gasteiger partial charge >= 0.3 is 12.1 Å². The van der Waals surface area contributed by atoms with Crippen LogP contribution in [-0.4, -0.2) is 76.8 Å². The van der Waals surface area contributed by atoms with Gasteiger partial charge in [-0.3, -0.25) is 4.79 Å². The maximum Gasteiger partial charge on any atom is 0.417 e. The van der Waals surface area contributed by atoms with Gasteiger partial charge in [0.1, 0.15) is 24.2 Å². The van der Waals surface area contributed by atoms with Crippen molar-refractivity contribution in [2.24, 2.45) is 0 Å². The number of carbonyl (C=O) groups excluding carboxylic acids is 3. The number of hydrogen-bond acceptors (Lipinski definition) is 9. The first-order chi connectivity index (χ1) is 22.0. The fraction of sp³-hybridized carbons (Fsp3) is 0.417. The zero-order valence-corrected chi connectivity index (χ0v) is 27.1. The second-order valence-corrected chi connectivity index (χ2v) is 11.5. The van der Waals surface area contributed by atoms with Gasteiger partial charge in [-0.1, -0.05) is 54.6 Å². The van der Waals surface area contributed by atoms with E-state index in [0.29, 0.717) is 19.4 Å². The third kappa shape index (κ3) is 11.5. The number of aromatic hydroxyl groups is 2. The van der Waals surface area contributed by atoms with E-state index in [1.807, 2.05) is 70.2 Å². The highest BCUT2D eigenvalue weighted by Crippen LogP contribution is 2.22. The van der Waals surface area contributed by atoms with E-state index in [-0.39, 0.29) is 48.7 Å². The van der Waals surface area contributed by atoms with Crippen LogP contribution in [0.5, 0.6) is 11.5 Å². The van der Waals surface area contributed by atoms with Gasteiger partial charge in [-0.15, -0.1) is 0 Å². The minimum atomic E-state index is -0.842. The number of phenolic OH excluding ortho intramolecular Hbond substituents is 2. The van der Waals surface area contributed by atoms with E-state index < -0.39 is 24.2 Å². The standard InChI is InChI=1S/C22H25NO5.C14H20O4/c1-15(2)28-20(13-17-9-6-10-19(24)12-17)21(25)23-18(14-27-22(23)26)11-16-7-4-3-5-8-16;1-4-17-14(16)13(18-10(2)3)9-11-6-5-7-12(15)8-11/h3-10,12,15,18,20,24H,11,13-14H2,1-2H3;5-8,10,13,15H,4,9H2,1-3H3/t18-,20-;13-/m00/s1. The van der Waals surface area contributed by atoms with Gasteiger partial charge in [0.15, 0.2) is 6.10 Å². The largest absolute Gasteiger partial charge is 0.508 e. The molecule has 0 unspecified atom stereocenters. The molecule has 1 heterocycles. The minimum Gasteiger partial charge on any atom is -0.508 e. The predicted molar refractivity (Wildman–Crippen MR) is 172 cm³/mol. The van der Waals surface area contributed by atoms with Gasteiger partial charge in [-0.2, -0.15) is 0 Å². The maximum absolute atomic E-state index is 13.2. The lowest BCUT2D eigenvalue weighted by Crippen LogP contribution is -2.47. The molecule has 3 aromatic carbocycles. The highest BCUT2D eigenvalue weighted by Gasteiger charge is 2.41. The summed E-state index contributed by atoms with van der Waals surface area (Å²) in [5.41, 5.74) is 2.62. The van der Waals surface area contributed by atoms with Gasteiger partial charge in [-0.05, 0) is 82.0 Å². The van der Waals surface area contributed by atoms with E-state index in [1.54, 1.807) is 43.3 Å². The van der Waals surface area contributed by atoms with Crippen molar-refractivity contribution in [1.82, 2.24) is 4.90 Å². The zero-order valence-electron chi connectivity index (χ0n) is 27.1. The molecule has 0 saturated carbocycles. The molecule has 1 aliphatic rings. The molecule has 3 aromatic rings. The van der Waals surface area contributed by atoms with Gasteiger partial charge in [-0.25, -0.2) is 14.5 Å². The van der Waals surface area contributed by atoms with Crippen molar-refractivity contribution in [3.8, 4) is 11.5 Å². The quantitative estimate of drug-likeness (QED) is 0.230. The summed E-state index contributed by atoms with van der Waals surface area (Å²) in [5, 5.41) is 19.1. The number of esters is 1. The van der Waals surface area contributed by atoms with Crippen molar-refractivity contribution in [2.45, 2.75) is 84.3 Å². The van der Waals surface area contributed by atoms with Gasteiger partial charge in [0.2, 0.25) is 0 Å². The zero-order chi connectivity index (χ0) is 33.6. The Labute approximate surface area is 270 Å². The van der Waals surface area contributed by atoms with E-state index in [0.717, 1.165) is 16.7 Å². The topological polar surface area (TPSA) is 132 Å². The third-order valence-electron chi connectivity index (χ3n) is 6.87. The van der Waals surface area contributed by atoms with Crippen LogP contribution in [0.4, 0.5) is 4.79 Å². The predicted octanol–water partition coefficient (Wildman–Crippen LogP) is 5.61. The molecule has 10 nitrogen and oxygen atoms in total. The van der Waals surface area contributed by atoms with E-state index >= 15 is 0 Å². The van der Waals surface area contributed by atoms with E-state index in [1.165, 1.54) is 4.90 Å². The first kappa shape index (κ1) is 36.1. The van der Waals surface area contributed by atoms with Gasteiger partial charge in [0.25, 0.3) is 5.91 Å². The first-order valence-corrected chi connectivity index (χ1v) is 15.5. The Balaban J connectivity index is 0.000000277. The molecule has 0 aliphatic carbocycles. The molecule has 46 heavy (non-hydrogen) atoms. The number of amides is 2. The number of rotatable bonds is 13. The summed E-state index contributed by atoms with van der Waals surface area (Å²) in [7, 11) is 0. The monoisotopic (exact) mass is 635 g/mol. The van der Waals surface area contributed by atoms with Crippen molar-refractivity contribution in [3.05, 3.63) is 95.6 Å². The minimum absolute atomic E-state index is 0.0586. The Bertz CT molecular complexity index is 1410. The number of carbonyl (C=O) groups is 3. The number of imide groups is 1. The molecule has 2 amide bonds. The van der Waals surface area contributed by atoms with Crippen LogP contribution in [0.3, 0.4) is 0 Å². The molecule has 4 rings (SSSR count). The fourth-order valence-corrected chi connectivity index (χ4v) is 4.99. The third-order valence-corrected chi connectivity index (χ3v) is 6.87. The van der Waals surface area contributed by atoms with Crippen LogP contribution in [0.15, 0.2) is 78.9 Å². The molecule has 1 saturated heterocycles. The fourth-order valence-electron chi connectivity index (χ4n) is 4.99. The molecular weight excluding hydrogens is 590 g/mol. The van der Waals surface area contributed by atoms with Crippen LogP contribution in [0.2, 0.25) is 0 Å². The number of hydrogen-bond donors (Lipinski definition) is 2. The second kappa shape index (κ2) is 17.9. The van der Waals surface area contributed by atoms with Crippen LogP contribution in [0, 0.1) is 0 Å². The van der Waals surface area contributed by atoms with Crippen LogP contribution < -0.4 is 0 Å². The van der Waals surface area contributed by atoms with Crippen LogP contribution in [0.25, 0.3) is 0 Å². The van der Waals surface area contributed by atoms with E-state index in [2.05, 4.69) is 0 Å². The van der Waals surface area contributed by atoms with Crippen molar-refractivity contribution < 1.29 is 43.5 Å². The van der Waals surface area contributed by atoms with Crippen molar-refractivity contribution in [1.29, 1.82) is 0 Å². The number of benzene rings is 3. The Morgan fingerprint density at radius 1 is 0.804 bits per heavy atom. The number of cyclic esters (lactones) is 1. The summed E-state index contributed by atoms with van der Waals surface area (Å²) < 4.78 is 21.5. The number of nitrogens with zero attached hydrogens (tertiary/aromatic N) is 1. The van der Waals surface area contributed by atoms with Crippen LogP contribution >= 0.6 is 0 Å². The highest BCUT2D eigenvalue weighted by atomic mass is 16.6. The summed E-state index contributed by atoms with van der Waals surface area (Å²) in [6, 6.07) is 22.8. The van der Waals surface area contributed by atoms with E-state index in [4.69, 9.17) is 18.9 Å². The normalized spacial score (nSPS) is 15.6. The smallest absolute Gasteiger partial charge is 0.417 e. The molecule has 1 aliphatic heterocycles. The second-order valence-electron chi connectivity index (χ2n) is 11.5. The van der Waals surface area contributed by atoms with Gasteiger partial charge in [0, 0.05) is 12.8 Å². The summed E-state index contributed by atoms with van der Waals surface area (Å²) in [5.74, 6) is -0.481. The highest BCUT2D eigenvalue weighted by molar-refractivity contribution is 5.96. The first-order valence-electron chi connectivity index (χ1n) is 15.5. The molecule has 0 aromatic heterocycles. The Hall–Kier alpha value is -4.41. The summed E-state index contributed by atoms with van der Waals surface area (Å²) in [6.07, 6.45) is -1.19. The summed E-state index contributed by atoms with van der Waals surface area (Å²) >= 11 is 0. The SMILES string of the molecule is CC(C)O[C@@H](Cc1cccc(O)c1)C(=O)N1C(=O)OC[C@@H]1Cc1ccccc1.CCOC(=O)[C@H](Cc1cccc(O)c1)OC(C)C. The lowest BCUT2D eigenvalue weighted by atomic mass is 10.0. The summed E-state index contributed by atoms with van der Waals surface area (Å²) in [6.45, 7) is 9.68. The molecule has 2 N–H and O–H groups in total. The Morgan fingerprint density at radius 3 is 1.85 bits per heavy atom. The van der Waals surface area contributed by atoms with Gasteiger partial charge in [0.05, 0.1) is 24.9 Å². The van der Waals surface area contributed by atoms with Crippen molar-refractivity contribution in [3.63, 3.8) is 0 Å². The Kier molecular flexibility index (Phi) is 14.0. The lowest BCUT2D eigenvalue weighted by molar-refractivity contribution is -0.159. The molecule has 3 atom stereocenters. The number of phenols is 2.